The summed E-state index contributed by atoms with van der Waals surface area (Å²) in [7, 11) is -1.31. The monoisotopic (exact) mass is 561 g/mol. The Morgan fingerprint density at radius 2 is 1.75 bits per heavy atom. The standard InChI is InChI=1S/C29H35N7O3S/c1-40(38)26-21-30-29(33-22-9-11-25(12-10-22)36-16-18-39-19-17-36)34-28(26)32-24-7-4-6-23(20-24)31-27(37)8-5-15-35-13-2-3-14-35/h4-12,20-21H,2-3,13-19H2,1H3,(H,31,37)(H2,30,32,33,34)/b8-5+. The molecule has 40 heavy (non-hydrogen) atoms. The van der Waals surface area contributed by atoms with Gasteiger partial charge in [0.05, 0.1) is 35.1 Å². The van der Waals surface area contributed by atoms with Gasteiger partial charge in [0.15, 0.2) is 5.82 Å². The number of carbonyl (C=O) groups is 1. The lowest BCUT2D eigenvalue weighted by Gasteiger charge is -2.28. The maximum absolute atomic E-state index is 12.4. The van der Waals surface area contributed by atoms with Crippen molar-refractivity contribution in [3.05, 3.63) is 66.9 Å². The first-order chi connectivity index (χ1) is 19.5. The molecule has 10 nitrogen and oxygen atoms in total. The summed E-state index contributed by atoms with van der Waals surface area (Å²) in [4.78, 5) is 26.5. The van der Waals surface area contributed by atoms with E-state index in [1.807, 2.05) is 42.5 Å². The fraction of sp³-hybridized carbons (Fsp3) is 0.345. The maximum Gasteiger partial charge on any atom is 0.248 e. The number of nitrogens with zero attached hydrogens (tertiary/aromatic N) is 4. The second kappa shape index (κ2) is 13.5. The van der Waals surface area contributed by atoms with Gasteiger partial charge in [-0.3, -0.25) is 13.9 Å². The summed E-state index contributed by atoms with van der Waals surface area (Å²) in [5.41, 5.74) is 3.33. The smallest absolute Gasteiger partial charge is 0.248 e. The molecule has 0 aliphatic carbocycles. The number of rotatable bonds is 10. The van der Waals surface area contributed by atoms with E-state index < -0.39 is 10.8 Å². The molecule has 3 heterocycles. The Morgan fingerprint density at radius 3 is 2.50 bits per heavy atom. The van der Waals surface area contributed by atoms with Gasteiger partial charge in [0, 0.05) is 54.7 Å². The van der Waals surface area contributed by atoms with Crippen molar-refractivity contribution in [3.63, 3.8) is 0 Å². The van der Waals surface area contributed by atoms with E-state index in [1.165, 1.54) is 12.8 Å². The molecule has 0 spiro atoms. The SMILES string of the molecule is CS(=O)c1cnc(Nc2ccc(N3CCOCC3)cc2)nc1Nc1cccc(NC(=O)/C=C/CN2CCCC2)c1. The lowest BCUT2D eigenvalue weighted by atomic mass is 10.2. The lowest BCUT2D eigenvalue weighted by Crippen LogP contribution is -2.36. The Labute approximate surface area is 237 Å². The van der Waals surface area contributed by atoms with E-state index in [0.717, 1.165) is 57.3 Å². The molecule has 1 aromatic heterocycles. The van der Waals surface area contributed by atoms with Gasteiger partial charge < -0.3 is 25.6 Å². The summed E-state index contributed by atoms with van der Waals surface area (Å²) in [6.45, 7) is 6.19. The fourth-order valence-electron chi connectivity index (χ4n) is 4.71. The van der Waals surface area contributed by atoms with Gasteiger partial charge in [-0.25, -0.2) is 4.98 Å². The highest BCUT2D eigenvalue weighted by atomic mass is 32.2. The van der Waals surface area contributed by atoms with E-state index in [2.05, 4.69) is 47.9 Å². The number of amides is 1. The zero-order valence-electron chi connectivity index (χ0n) is 22.6. The van der Waals surface area contributed by atoms with E-state index in [9.17, 15) is 9.00 Å². The third-order valence-corrected chi connectivity index (χ3v) is 7.71. The topological polar surface area (TPSA) is 112 Å². The lowest BCUT2D eigenvalue weighted by molar-refractivity contribution is -0.111. The highest BCUT2D eigenvalue weighted by Gasteiger charge is 2.14. The predicted octanol–water partition coefficient (Wildman–Crippen LogP) is 4.13. The molecule has 3 N–H and O–H groups in total. The average molecular weight is 562 g/mol. The number of benzene rings is 2. The van der Waals surface area contributed by atoms with Crippen molar-refractivity contribution in [3.8, 4) is 0 Å². The third kappa shape index (κ3) is 7.65. The van der Waals surface area contributed by atoms with Gasteiger partial charge in [0.2, 0.25) is 11.9 Å². The first-order valence-corrected chi connectivity index (χ1v) is 15.1. The molecule has 1 unspecified atom stereocenters. The quantitative estimate of drug-likeness (QED) is 0.315. The van der Waals surface area contributed by atoms with Gasteiger partial charge in [0.1, 0.15) is 0 Å². The van der Waals surface area contributed by atoms with Crippen molar-refractivity contribution < 1.29 is 13.7 Å². The van der Waals surface area contributed by atoms with Gasteiger partial charge in [-0.05, 0) is 68.4 Å². The van der Waals surface area contributed by atoms with E-state index in [4.69, 9.17) is 4.74 Å². The van der Waals surface area contributed by atoms with Crippen LogP contribution in [0.2, 0.25) is 0 Å². The van der Waals surface area contributed by atoms with E-state index in [0.29, 0.717) is 28.0 Å². The van der Waals surface area contributed by atoms with Crippen LogP contribution in [0.5, 0.6) is 0 Å². The highest BCUT2D eigenvalue weighted by molar-refractivity contribution is 7.84. The van der Waals surface area contributed by atoms with Gasteiger partial charge >= 0.3 is 0 Å². The van der Waals surface area contributed by atoms with Crippen LogP contribution in [0.4, 0.5) is 34.5 Å². The molecule has 210 valence electrons. The van der Waals surface area contributed by atoms with Crippen LogP contribution in [0.25, 0.3) is 0 Å². The normalized spacial score (nSPS) is 16.7. The number of likely N-dealkylation sites (tertiary alicyclic amines) is 1. The van der Waals surface area contributed by atoms with Crippen molar-refractivity contribution in [1.29, 1.82) is 0 Å². The predicted molar refractivity (Wildman–Crippen MR) is 160 cm³/mol. The van der Waals surface area contributed by atoms with Crippen LogP contribution < -0.4 is 20.9 Å². The van der Waals surface area contributed by atoms with Crippen LogP contribution in [-0.4, -0.2) is 77.2 Å². The first-order valence-electron chi connectivity index (χ1n) is 13.5. The number of ether oxygens (including phenoxy) is 1. The van der Waals surface area contributed by atoms with Crippen LogP contribution >= 0.6 is 0 Å². The average Bonchev–Trinajstić information content (AvgIpc) is 3.48. The van der Waals surface area contributed by atoms with Crippen molar-refractivity contribution in [1.82, 2.24) is 14.9 Å². The number of anilines is 6. The Bertz CT molecular complexity index is 1350. The van der Waals surface area contributed by atoms with E-state index in [1.54, 1.807) is 18.5 Å². The van der Waals surface area contributed by atoms with Crippen LogP contribution in [0, 0.1) is 0 Å². The van der Waals surface area contributed by atoms with E-state index >= 15 is 0 Å². The number of hydrogen-bond donors (Lipinski definition) is 3. The van der Waals surface area contributed by atoms with Crippen LogP contribution in [0.3, 0.4) is 0 Å². The zero-order valence-corrected chi connectivity index (χ0v) is 23.5. The minimum atomic E-state index is -1.31. The second-order valence-corrected chi connectivity index (χ2v) is 11.1. The summed E-state index contributed by atoms with van der Waals surface area (Å²) in [5, 5.41) is 9.38. The minimum absolute atomic E-state index is 0.181. The summed E-state index contributed by atoms with van der Waals surface area (Å²) in [6.07, 6.45) is 9.07. The minimum Gasteiger partial charge on any atom is -0.378 e. The zero-order chi connectivity index (χ0) is 27.7. The number of carbonyl (C=O) groups excluding carboxylic acids is 1. The molecular weight excluding hydrogens is 526 g/mol. The Balaban J connectivity index is 1.24. The molecule has 2 aliphatic rings. The van der Waals surface area contributed by atoms with Gasteiger partial charge in [-0.1, -0.05) is 12.1 Å². The van der Waals surface area contributed by atoms with Crippen molar-refractivity contribution >= 4 is 51.2 Å². The van der Waals surface area contributed by atoms with E-state index in [-0.39, 0.29) is 5.91 Å². The molecule has 1 amide bonds. The molecule has 2 saturated heterocycles. The molecule has 1 atom stereocenters. The summed E-state index contributed by atoms with van der Waals surface area (Å²) < 4.78 is 17.8. The molecule has 2 aromatic carbocycles. The van der Waals surface area contributed by atoms with Crippen molar-refractivity contribution in [2.24, 2.45) is 0 Å². The summed E-state index contributed by atoms with van der Waals surface area (Å²) in [6, 6.07) is 15.4. The number of aromatic nitrogens is 2. The molecule has 2 fully saturated rings. The molecule has 2 aliphatic heterocycles. The van der Waals surface area contributed by atoms with Crippen LogP contribution in [0.1, 0.15) is 12.8 Å². The third-order valence-electron chi connectivity index (χ3n) is 6.79. The second-order valence-electron chi connectivity index (χ2n) is 9.74. The Hall–Kier alpha value is -3.80. The number of hydrogen-bond acceptors (Lipinski definition) is 9. The van der Waals surface area contributed by atoms with Crippen molar-refractivity contribution in [2.75, 3.05) is 73.0 Å². The largest absolute Gasteiger partial charge is 0.378 e. The Kier molecular flexibility index (Phi) is 9.38. The van der Waals surface area contributed by atoms with Gasteiger partial charge in [0.25, 0.3) is 0 Å². The van der Waals surface area contributed by atoms with Crippen molar-refractivity contribution in [2.45, 2.75) is 17.7 Å². The fourth-order valence-corrected chi connectivity index (χ4v) is 5.28. The molecule has 0 bridgehead atoms. The first kappa shape index (κ1) is 27.8. The van der Waals surface area contributed by atoms with Crippen LogP contribution in [-0.2, 0) is 20.3 Å². The summed E-state index contributed by atoms with van der Waals surface area (Å²) in [5.74, 6) is 0.625. The molecule has 0 saturated carbocycles. The molecule has 0 radical (unpaired) electrons. The number of nitrogens with one attached hydrogen (secondary N) is 3. The van der Waals surface area contributed by atoms with Gasteiger partial charge in [-0.15, -0.1) is 0 Å². The maximum atomic E-state index is 12.4. The number of morpholine rings is 1. The van der Waals surface area contributed by atoms with Crippen LogP contribution in [0.15, 0.2) is 71.8 Å². The molecule has 11 heteroatoms. The Morgan fingerprint density at radius 1 is 1.00 bits per heavy atom. The summed E-state index contributed by atoms with van der Waals surface area (Å²) >= 11 is 0. The molecule has 3 aromatic rings. The van der Waals surface area contributed by atoms with Gasteiger partial charge in [-0.2, -0.15) is 4.98 Å². The highest BCUT2D eigenvalue weighted by Crippen LogP contribution is 2.26. The molecule has 5 rings (SSSR count). The molecular formula is C29H35N7O3S.